The van der Waals surface area contributed by atoms with E-state index in [1.165, 1.54) is 0 Å². The maximum atomic E-state index is 12.7. The van der Waals surface area contributed by atoms with Crippen LogP contribution in [0.15, 0.2) is 53.6 Å². The first-order chi connectivity index (χ1) is 14.3. The number of nitrogens with one attached hydrogen (secondary N) is 2. The summed E-state index contributed by atoms with van der Waals surface area (Å²) in [5.74, 6) is 0.913. The Labute approximate surface area is 184 Å². The topological polar surface area (TPSA) is 71.8 Å². The van der Waals surface area contributed by atoms with Crippen LogP contribution in [-0.2, 0) is 7.05 Å². The van der Waals surface area contributed by atoms with Gasteiger partial charge in [-0.3, -0.25) is 4.79 Å². The number of hydrogen-bond acceptors (Lipinski definition) is 4. The SMILES string of the molecule is Cc1cc(C)nc(NC(=O)c2ccc3c(c2)nc(NC2C(Cl)=CC=CC2Cl)n3C)c1. The molecule has 0 radical (unpaired) electrons. The van der Waals surface area contributed by atoms with Crippen LogP contribution in [0, 0.1) is 13.8 Å². The number of anilines is 2. The van der Waals surface area contributed by atoms with Gasteiger partial charge in [0.05, 0.1) is 22.5 Å². The van der Waals surface area contributed by atoms with Gasteiger partial charge in [-0.15, -0.1) is 11.6 Å². The van der Waals surface area contributed by atoms with Crippen molar-refractivity contribution in [1.82, 2.24) is 14.5 Å². The number of aryl methyl sites for hydroxylation is 3. The van der Waals surface area contributed by atoms with Crippen LogP contribution in [-0.4, -0.2) is 31.9 Å². The summed E-state index contributed by atoms with van der Waals surface area (Å²) in [7, 11) is 1.90. The fourth-order valence-corrected chi connectivity index (χ4v) is 4.08. The van der Waals surface area contributed by atoms with Gasteiger partial charge in [-0.1, -0.05) is 23.8 Å². The predicted molar refractivity (Wildman–Crippen MR) is 123 cm³/mol. The van der Waals surface area contributed by atoms with Crippen LogP contribution in [0.3, 0.4) is 0 Å². The number of allylic oxidation sites excluding steroid dienone is 2. The minimum Gasteiger partial charge on any atom is -0.346 e. The van der Waals surface area contributed by atoms with Crippen LogP contribution in [0.25, 0.3) is 11.0 Å². The normalized spacial score (nSPS) is 18.4. The van der Waals surface area contributed by atoms with Crippen molar-refractivity contribution in [2.75, 3.05) is 10.6 Å². The van der Waals surface area contributed by atoms with E-state index in [0.29, 0.717) is 27.9 Å². The molecule has 0 fully saturated rings. The smallest absolute Gasteiger partial charge is 0.256 e. The van der Waals surface area contributed by atoms with Crippen LogP contribution in [0.5, 0.6) is 0 Å². The van der Waals surface area contributed by atoms with Gasteiger partial charge in [0.2, 0.25) is 5.95 Å². The molecular weight excluding hydrogens is 421 g/mol. The van der Waals surface area contributed by atoms with Gasteiger partial charge in [0, 0.05) is 23.3 Å². The Balaban J connectivity index is 1.59. The van der Waals surface area contributed by atoms with Crippen LogP contribution < -0.4 is 10.6 Å². The Morgan fingerprint density at radius 2 is 1.97 bits per heavy atom. The van der Waals surface area contributed by atoms with E-state index < -0.39 is 0 Å². The largest absolute Gasteiger partial charge is 0.346 e. The quantitative estimate of drug-likeness (QED) is 0.563. The van der Waals surface area contributed by atoms with Crippen LogP contribution in [0.1, 0.15) is 21.6 Å². The van der Waals surface area contributed by atoms with Crippen molar-refractivity contribution in [2.45, 2.75) is 25.3 Å². The monoisotopic (exact) mass is 441 g/mol. The Kier molecular flexibility index (Phi) is 5.54. The number of imidazole rings is 1. The molecular formula is C22H21Cl2N5O. The van der Waals surface area contributed by atoms with Gasteiger partial charge >= 0.3 is 0 Å². The molecule has 2 atom stereocenters. The number of benzene rings is 1. The standard InChI is InChI=1S/C22H21Cl2N5O/c1-12-9-13(2)25-19(10-12)27-21(30)14-7-8-18-17(11-14)26-22(29(18)3)28-20-15(23)5-4-6-16(20)24/h4-11,15,20H,1-3H3,(H,26,28)(H,25,27,30). The van der Waals surface area contributed by atoms with Crippen LogP contribution in [0.2, 0.25) is 0 Å². The second-order valence-electron chi connectivity index (χ2n) is 7.33. The van der Waals surface area contributed by atoms with Gasteiger partial charge in [-0.25, -0.2) is 9.97 Å². The first kappa shape index (κ1) is 20.4. The summed E-state index contributed by atoms with van der Waals surface area (Å²) in [5, 5.41) is 6.48. The number of carbonyl (C=O) groups is 1. The molecule has 0 saturated carbocycles. The summed E-state index contributed by atoms with van der Waals surface area (Å²) in [6.07, 6.45) is 5.52. The third-order valence-electron chi connectivity index (χ3n) is 4.93. The maximum absolute atomic E-state index is 12.7. The van der Waals surface area contributed by atoms with Gasteiger partial charge < -0.3 is 15.2 Å². The summed E-state index contributed by atoms with van der Waals surface area (Å²) < 4.78 is 1.91. The highest BCUT2D eigenvalue weighted by Gasteiger charge is 2.24. The molecule has 0 saturated heterocycles. The summed E-state index contributed by atoms with van der Waals surface area (Å²) in [6.45, 7) is 3.86. The second-order valence-corrected chi connectivity index (χ2v) is 8.27. The third kappa shape index (κ3) is 4.06. The molecule has 1 aromatic carbocycles. The van der Waals surface area contributed by atoms with E-state index in [0.717, 1.165) is 16.8 Å². The lowest BCUT2D eigenvalue weighted by Gasteiger charge is -2.23. The summed E-state index contributed by atoms with van der Waals surface area (Å²) in [5.41, 5.74) is 3.97. The molecule has 1 aliphatic rings. The highest BCUT2D eigenvalue weighted by molar-refractivity contribution is 6.32. The van der Waals surface area contributed by atoms with Gasteiger partial charge in [0.1, 0.15) is 5.82 Å². The Morgan fingerprint density at radius 3 is 2.70 bits per heavy atom. The van der Waals surface area contributed by atoms with Gasteiger partial charge in [-0.2, -0.15) is 0 Å². The minimum atomic E-state index is -0.283. The van der Waals surface area contributed by atoms with Crippen molar-refractivity contribution in [2.24, 2.45) is 7.05 Å². The first-order valence-corrected chi connectivity index (χ1v) is 10.3. The fraction of sp³-hybridized carbons (Fsp3) is 0.227. The van der Waals surface area contributed by atoms with Crippen molar-refractivity contribution < 1.29 is 4.79 Å². The lowest BCUT2D eigenvalue weighted by Crippen LogP contribution is -2.31. The van der Waals surface area contributed by atoms with Crippen molar-refractivity contribution in [3.8, 4) is 0 Å². The number of pyridine rings is 1. The molecule has 0 aliphatic heterocycles. The zero-order valence-corrected chi connectivity index (χ0v) is 18.3. The minimum absolute atomic E-state index is 0.237. The lowest BCUT2D eigenvalue weighted by atomic mass is 10.1. The summed E-state index contributed by atoms with van der Waals surface area (Å²) >= 11 is 12.7. The van der Waals surface area contributed by atoms with E-state index in [2.05, 4.69) is 20.6 Å². The summed E-state index contributed by atoms with van der Waals surface area (Å²) in [6, 6.07) is 8.92. The van der Waals surface area contributed by atoms with Gasteiger partial charge in [0.25, 0.3) is 5.91 Å². The van der Waals surface area contributed by atoms with Crippen LogP contribution in [0.4, 0.5) is 11.8 Å². The molecule has 4 rings (SSSR count). The van der Waals surface area contributed by atoms with E-state index in [1.807, 2.05) is 61.9 Å². The summed E-state index contributed by atoms with van der Waals surface area (Å²) in [4.78, 5) is 21.7. The van der Waals surface area contributed by atoms with Crippen molar-refractivity contribution in [3.05, 3.63) is 70.4 Å². The number of halogens is 2. The van der Waals surface area contributed by atoms with E-state index in [4.69, 9.17) is 23.2 Å². The first-order valence-electron chi connectivity index (χ1n) is 9.49. The molecule has 30 heavy (non-hydrogen) atoms. The number of alkyl halides is 1. The zero-order chi connectivity index (χ0) is 21.4. The average Bonchev–Trinajstić information content (AvgIpc) is 2.99. The highest BCUT2D eigenvalue weighted by atomic mass is 35.5. The molecule has 2 N–H and O–H groups in total. The van der Waals surface area contributed by atoms with Crippen molar-refractivity contribution in [1.29, 1.82) is 0 Å². The maximum Gasteiger partial charge on any atom is 0.256 e. The number of carbonyl (C=O) groups excluding carboxylic acids is 1. The molecule has 2 aromatic heterocycles. The van der Waals surface area contributed by atoms with Gasteiger partial charge in [0.15, 0.2) is 0 Å². The highest BCUT2D eigenvalue weighted by Crippen LogP contribution is 2.27. The molecule has 2 heterocycles. The fourth-order valence-electron chi connectivity index (χ4n) is 3.47. The van der Waals surface area contributed by atoms with Crippen LogP contribution >= 0.6 is 23.2 Å². The predicted octanol–water partition coefficient (Wildman–Crippen LogP) is 4.92. The zero-order valence-electron chi connectivity index (χ0n) is 16.8. The molecule has 8 heteroatoms. The third-order valence-corrected chi connectivity index (χ3v) is 5.69. The van der Waals surface area contributed by atoms with E-state index in [-0.39, 0.29) is 17.3 Å². The molecule has 2 unspecified atom stereocenters. The van der Waals surface area contributed by atoms with Crippen molar-refractivity contribution in [3.63, 3.8) is 0 Å². The number of rotatable bonds is 4. The van der Waals surface area contributed by atoms with Gasteiger partial charge in [-0.05, 0) is 55.8 Å². The molecule has 3 aromatic rings. The molecule has 0 bridgehead atoms. The second kappa shape index (κ2) is 8.13. The molecule has 1 amide bonds. The Hall–Kier alpha value is -2.83. The van der Waals surface area contributed by atoms with E-state index in [9.17, 15) is 4.79 Å². The van der Waals surface area contributed by atoms with E-state index >= 15 is 0 Å². The number of hydrogen-bond donors (Lipinski definition) is 2. The lowest BCUT2D eigenvalue weighted by molar-refractivity contribution is 0.102. The molecule has 1 aliphatic carbocycles. The van der Waals surface area contributed by atoms with Crippen molar-refractivity contribution >= 4 is 51.9 Å². The van der Waals surface area contributed by atoms with E-state index in [1.54, 1.807) is 12.1 Å². The average molecular weight is 442 g/mol. The number of fused-ring (bicyclic) bond motifs is 1. The number of aromatic nitrogens is 3. The number of amides is 1. The molecule has 6 nitrogen and oxygen atoms in total. The Morgan fingerprint density at radius 1 is 1.17 bits per heavy atom. The number of nitrogens with zero attached hydrogens (tertiary/aromatic N) is 3. The molecule has 154 valence electrons. The molecule has 0 spiro atoms. The Bertz CT molecular complexity index is 1180.